The fourth-order valence-electron chi connectivity index (χ4n) is 2.81. The van der Waals surface area contributed by atoms with Crippen LogP contribution in [0, 0.1) is 11.6 Å². The van der Waals surface area contributed by atoms with Crippen LogP contribution in [0.5, 0.6) is 0 Å². The molecular formula is C20H18F2N2O4. The average molecular weight is 388 g/mol. The van der Waals surface area contributed by atoms with E-state index in [2.05, 4.69) is 5.32 Å². The van der Waals surface area contributed by atoms with E-state index in [0.717, 1.165) is 18.6 Å². The van der Waals surface area contributed by atoms with Gasteiger partial charge in [0.05, 0.1) is 11.3 Å². The van der Waals surface area contributed by atoms with Crippen molar-refractivity contribution in [1.82, 2.24) is 0 Å². The van der Waals surface area contributed by atoms with Gasteiger partial charge in [-0.3, -0.25) is 9.59 Å². The molecule has 2 amide bonds. The lowest BCUT2D eigenvalue weighted by Gasteiger charge is -2.16. The van der Waals surface area contributed by atoms with Crippen molar-refractivity contribution in [2.75, 3.05) is 16.8 Å². The van der Waals surface area contributed by atoms with Crippen LogP contribution in [0.25, 0.3) is 0 Å². The van der Waals surface area contributed by atoms with Crippen molar-refractivity contribution in [1.29, 1.82) is 0 Å². The van der Waals surface area contributed by atoms with E-state index in [1.807, 2.05) is 0 Å². The number of hydrogen-bond acceptors (Lipinski definition) is 4. The van der Waals surface area contributed by atoms with E-state index in [1.54, 1.807) is 17.0 Å². The van der Waals surface area contributed by atoms with E-state index >= 15 is 0 Å². The van der Waals surface area contributed by atoms with Crippen molar-refractivity contribution in [2.24, 2.45) is 0 Å². The number of halogens is 2. The van der Waals surface area contributed by atoms with Crippen molar-refractivity contribution >= 4 is 29.2 Å². The van der Waals surface area contributed by atoms with Crippen LogP contribution >= 0.6 is 0 Å². The van der Waals surface area contributed by atoms with Crippen LogP contribution in [-0.2, 0) is 14.3 Å². The summed E-state index contributed by atoms with van der Waals surface area (Å²) in [6.07, 6.45) is 0.103. The van der Waals surface area contributed by atoms with Gasteiger partial charge in [0, 0.05) is 24.7 Å². The summed E-state index contributed by atoms with van der Waals surface area (Å²) in [5, 5.41) is 2.24. The van der Waals surface area contributed by atoms with Crippen LogP contribution in [0.2, 0.25) is 0 Å². The van der Waals surface area contributed by atoms with Crippen LogP contribution in [-0.4, -0.2) is 30.4 Å². The molecule has 8 heteroatoms. The van der Waals surface area contributed by atoms with Gasteiger partial charge in [0.15, 0.2) is 6.10 Å². The van der Waals surface area contributed by atoms with Crippen molar-refractivity contribution in [3.8, 4) is 0 Å². The number of amides is 2. The number of rotatable bonds is 5. The van der Waals surface area contributed by atoms with Crippen LogP contribution in [0.15, 0.2) is 42.5 Å². The lowest BCUT2D eigenvalue weighted by atomic mass is 10.2. The third-order valence-electron chi connectivity index (χ3n) is 4.33. The number of nitrogens with one attached hydrogen (secondary N) is 1. The summed E-state index contributed by atoms with van der Waals surface area (Å²) < 4.78 is 31.6. The van der Waals surface area contributed by atoms with Crippen LogP contribution in [0.3, 0.4) is 0 Å². The molecule has 0 bridgehead atoms. The van der Waals surface area contributed by atoms with Gasteiger partial charge in [-0.15, -0.1) is 0 Å². The Labute approximate surface area is 160 Å². The van der Waals surface area contributed by atoms with E-state index < -0.39 is 29.6 Å². The SMILES string of the molecule is C[C@H](OC(=O)c1ccc(N2CCCC2=O)cc1)C(=O)Nc1ccc(F)cc1F. The summed E-state index contributed by atoms with van der Waals surface area (Å²) in [4.78, 5) is 37.7. The van der Waals surface area contributed by atoms with Gasteiger partial charge < -0.3 is 15.0 Å². The molecule has 0 saturated carbocycles. The Morgan fingerprint density at radius 3 is 2.46 bits per heavy atom. The minimum absolute atomic E-state index is 0.0358. The molecular weight excluding hydrogens is 370 g/mol. The van der Waals surface area contributed by atoms with E-state index in [1.165, 1.54) is 19.1 Å². The maximum atomic E-state index is 13.6. The van der Waals surface area contributed by atoms with Gasteiger partial charge >= 0.3 is 5.97 Å². The van der Waals surface area contributed by atoms with Gasteiger partial charge in [-0.05, 0) is 49.7 Å². The second-order valence-electron chi connectivity index (χ2n) is 6.36. The molecule has 2 aromatic carbocycles. The van der Waals surface area contributed by atoms with Gasteiger partial charge in [-0.2, -0.15) is 0 Å². The summed E-state index contributed by atoms with van der Waals surface area (Å²) in [5.41, 5.74) is 0.688. The number of carbonyl (C=O) groups is 3. The molecule has 1 heterocycles. The molecule has 2 aromatic rings. The van der Waals surface area contributed by atoms with Crippen LogP contribution in [0.4, 0.5) is 20.2 Å². The minimum Gasteiger partial charge on any atom is -0.449 e. The number of nitrogens with zero attached hydrogens (tertiary/aromatic N) is 1. The third-order valence-corrected chi connectivity index (χ3v) is 4.33. The fourth-order valence-corrected chi connectivity index (χ4v) is 2.81. The van der Waals surface area contributed by atoms with Crippen LogP contribution < -0.4 is 10.2 Å². The summed E-state index contributed by atoms with van der Waals surface area (Å²) in [6.45, 7) is 1.98. The molecule has 1 fully saturated rings. The standard InChI is InChI=1S/C20H18F2N2O4/c1-12(19(26)23-17-9-6-14(21)11-16(17)22)28-20(27)13-4-7-15(8-5-13)24-10-2-3-18(24)25/h4-9,11-12H,2-3,10H2,1H3,(H,23,26)/t12-/m0/s1. The molecule has 1 saturated heterocycles. The smallest absolute Gasteiger partial charge is 0.338 e. The predicted molar refractivity (Wildman–Crippen MR) is 97.9 cm³/mol. The van der Waals surface area contributed by atoms with Crippen molar-refractivity contribution in [2.45, 2.75) is 25.9 Å². The molecule has 0 radical (unpaired) electrons. The van der Waals surface area contributed by atoms with Gasteiger partial charge in [0.25, 0.3) is 5.91 Å². The molecule has 0 aliphatic carbocycles. The van der Waals surface area contributed by atoms with Crippen LogP contribution in [0.1, 0.15) is 30.1 Å². The number of carbonyl (C=O) groups excluding carboxylic acids is 3. The molecule has 0 spiro atoms. The minimum atomic E-state index is -1.20. The molecule has 1 aliphatic rings. The number of esters is 1. The number of ether oxygens (including phenoxy) is 1. The zero-order chi connectivity index (χ0) is 20.3. The average Bonchev–Trinajstić information content (AvgIpc) is 3.10. The van der Waals surface area contributed by atoms with Gasteiger partial charge in [0.2, 0.25) is 5.91 Å². The van der Waals surface area contributed by atoms with Crippen molar-refractivity contribution in [3.05, 3.63) is 59.7 Å². The van der Waals surface area contributed by atoms with E-state index in [0.29, 0.717) is 24.7 Å². The Morgan fingerprint density at radius 1 is 1.14 bits per heavy atom. The summed E-state index contributed by atoms with van der Waals surface area (Å²) >= 11 is 0. The first-order valence-electron chi connectivity index (χ1n) is 8.72. The Morgan fingerprint density at radius 2 is 1.86 bits per heavy atom. The lowest BCUT2D eigenvalue weighted by molar-refractivity contribution is -0.123. The van der Waals surface area contributed by atoms with Crippen molar-refractivity contribution in [3.63, 3.8) is 0 Å². The number of anilines is 2. The van der Waals surface area contributed by atoms with E-state index in [9.17, 15) is 23.2 Å². The highest BCUT2D eigenvalue weighted by molar-refractivity contribution is 5.98. The summed E-state index contributed by atoms with van der Waals surface area (Å²) in [5.74, 6) is -3.15. The first-order valence-corrected chi connectivity index (χ1v) is 8.72. The van der Waals surface area contributed by atoms with Crippen molar-refractivity contribution < 1.29 is 27.9 Å². The maximum Gasteiger partial charge on any atom is 0.338 e. The number of benzene rings is 2. The van der Waals surface area contributed by atoms with Gasteiger partial charge in [-0.25, -0.2) is 13.6 Å². The molecule has 0 unspecified atom stereocenters. The molecule has 1 N–H and O–H groups in total. The first-order chi connectivity index (χ1) is 13.3. The van der Waals surface area contributed by atoms with Gasteiger partial charge in [0.1, 0.15) is 11.6 Å². The molecule has 146 valence electrons. The molecule has 3 rings (SSSR count). The zero-order valence-electron chi connectivity index (χ0n) is 15.1. The normalized spacial score (nSPS) is 14.7. The highest BCUT2D eigenvalue weighted by Gasteiger charge is 2.23. The van der Waals surface area contributed by atoms with E-state index in [-0.39, 0.29) is 17.2 Å². The fraction of sp³-hybridized carbons (Fsp3) is 0.250. The number of hydrogen-bond donors (Lipinski definition) is 1. The molecule has 0 aromatic heterocycles. The molecule has 1 aliphatic heterocycles. The second-order valence-corrected chi connectivity index (χ2v) is 6.36. The Balaban J connectivity index is 1.60. The monoisotopic (exact) mass is 388 g/mol. The molecule has 1 atom stereocenters. The Hall–Kier alpha value is -3.29. The molecule has 6 nitrogen and oxygen atoms in total. The third kappa shape index (κ3) is 4.33. The zero-order valence-corrected chi connectivity index (χ0v) is 15.1. The second kappa shape index (κ2) is 8.16. The predicted octanol–water partition coefficient (Wildman–Crippen LogP) is 3.28. The largest absolute Gasteiger partial charge is 0.449 e. The maximum absolute atomic E-state index is 13.6. The van der Waals surface area contributed by atoms with E-state index in [4.69, 9.17) is 4.74 Å². The summed E-state index contributed by atoms with van der Waals surface area (Å²) in [7, 11) is 0. The highest BCUT2D eigenvalue weighted by Crippen LogP contribution is 2.22. The Bertz CT molecular complexity index is 915. The molecule has 28 heavy (non-hydrogen) atoms. The first kappa shape index (κ1) is 19.5. The summed E-state index contributed by atoms with van der Waals surface area (Å²) in [6, 6.07) is 9.01. The quantitative estimate of drug-likeness (QED) is 0.798. The van der Waals surface area contributed by atoms with Gasteiger partial charge in [-0.1, -0.05) is 0 Å². The topological polar surface area (TPSA) is 75.7 Å². The Kier molecular flexibility index (Phi) is 5.67. The highest BCUT2D eigenvalue weighted by atomic mass is 19.1. The lowest BCUT2D eigenvalue weighted by Crippen LogP contribution is -2.30.